The summed E-state index contributed by atoms with van der Waals surface area (Å²) >= 11 is 3.89. The average Bonchev–Trinajstić information content (AvgIpc) is 2.58. The number of benzene rings is 2. The van der Waals surface area contributed by atoms with Gasteiger partial charge in [0, 0.05) is 19.6 Å². The lowest BCUT2D eigenvalue weighted by Crippen LogP contribution is -1.93. The minimum atomic E-state index is -0.0480. The van der Waals surface area contributed by atoms with Gasteiger partial charge >= 0.3 is 0 Å². The van der Waals surface area contributed by atoms with Crippen LogP contribution in [0.5, 0.6) is 0 Å². The van der Waals surface area contributed by atoms with Crippen molar-refractivity contribution in [1.82, 2.24) is 0 Å². The third-order valence-electron chi connectivity index (χ3n) is 3.02. The second-order valence-corrected chi connectivity index (χ2v) is 8.45. The zero-order chi connectivity index (χ0) is 18.4. The Morgan fingerprint density at radius 1 is 0.680 bits per heavy atom. The van der Waals surface area contributed by atoms with Crippen LogP contribution in [0.3, 0.4) is 0 Å². The van der Waals surface area contributed by atoms with Crippen molar-refractivity contribution < 1.29 is 9.59 Å². The van der Waals surface area contributed by atoms with Gasteiger partial charge in [-0.1, -0.05) is 49.2 Å². The van der Waals surface area contributed by atoms with Gasteiger partial charge in [-0.25, -0.2) is 0 Å². The van der Waals surface area contributed by atoms with Crippen molar-refractivity contribution in [3.05, 3.63) is 72.8 Å². The van der Waals surface area contributed by atoms with Gasteiger partial charge in [0.05, 0.1) is 0 Å². The van der Waals surface area contributed by atoms with Crippen molar-refractivity contribution in [2.75, 3.05) is 0 Å². The molecule has 0 fully saturated rings. The quantitative estimate of drug-likeness (QED) is 0.434. The smallest absolute Gasteiger partial charge is 0.219 e. The van der Waals surface area contributed by atoms with Crippen LogP contribution in [0.4, 0.5) is 0 Å². The number of carbonyl (C=O) groups excluding carboxylic acids is 2. The first-order valence-electron chi connectivity index (χ1n) is 7.49. The van der Waals surface area contributed by atoms with Gasteiger partial charge in [0.25, 0.3) is 0 Å². The van der Waals surface area contributed by atoms with Gasteiger partial charge in [0.1, 0.15) is 0 Å². The highest BCUT2D eigenvalue weighted by Gasteiger charge is 2.14. The van der Waals surface area contributed by atoms with E-state index in [1.54, 1.807) is 25.6 Å². The molecule has 2 aromatic rings. The molecule has 0 saturated carbocycles. The van der Waals surface area contributed by atoms with Gasteiger partial charge in [-0.15, -0.1) is 0 Å². The van der Waals surface area contributed by atoms with Crippen LogP contribution in [0.2, 0.25) is 0 Å². The van der Waals surface area contributed by atoms with Gasteiger partial charge in [-0.05, 0) is 72.8 Å². The first-order valence-corrected chi connectivity index (χ1v) is 9.94. The Morgan fingerprint density at radius 3 is 1.32 bits per heavy atom. The summed E-state index contributed by atoms with van der Waals surface area (Å²) in [6, 6.07) is 15.5. The van der Waals surface area contributed by atoms with E-state index in [0.717, 1.165) is 19.6 Å². The third kappa shape index (κ3) is 5.66. The Labute approximate surface area is 161 Å². The van der Waals surface area contributed by atoms with E-state index in [1.807, 2.05) is 48.5 Å². The summed E-state index contributed by atoms with van der Waals surface area (Å²) in [6.45, 7) is 10.8. The Balaban J connectivity index is 2.29. The van der Waals surface area contributed by atoms with E-state index in [1.165, 1.54) is 23.5 Å². The minimum Gasteiger partial charge on any atom is -0.282 e. The molecule has 0 heterocycles. The molecule has 2 rings (SSSR count). The van der Waals surface area contributed by atoms with Crippen molar-refractivity contribution in [2.24, 2.45) is 0 Å². The summed E-state index contributed by atoms with van der Waals surface area (Å²) in [5.41, 5.74) is 1.04. The topological polar surface area (TPSA) is 34.1 Å². The predicted octanol–water partition coefficient (Wildman–Crippen LogP) is 6.23. The molecular formula is C20H18O2S3. The standard InChI is InChI=1S/C20H18O2S3/c1-13(2)19(21)24-17-11-7-5-9-15(17)23-16-10-6-8-12-18(16)25-20(22)14(3)4/h5-12H,1,3H2,2,4H3. The molecule has 0 aliphatic heterocycles. The van der Waals surface area contributed by atoms with Crippen LogP contribution in [0, 0.1) is 0 Å². The minimum absolute atomic E-state index is 0.0480. The molecule has 0 unspecified atom stereocenters. The fourth-order valence-corrected chi connectivity index (χ4v) is 4.48. The maximum Gasteiger partial charge on any atom is 0.219 e. The van der Waals surface area contributed by atoms with Crippen LogP contribution in [-0.2, 0) is 9.59 Å². The van der Waals surface area contributed by atoms with Crippen molar-refractivity contribution in [1.29, 1.82) is 0 Å². The summed E-state index contributed by atoms with van der Waals surface area (Å²) < 4.78 is 0. The highest BCUT2D eigenvalue weighted by atomic mass is 32.2. The van der Waals surface area contributed by atoms with E-state index < -0.39 is 0 Å². The number of thioether (sulfide) groups is 2. The third-order valence-corrected chi connectivity index (χ3v) is 6.65. The van der Waals surface area contributed by atoms with Gasteiger partial charge in [0.15, 0.2) is 0 Å². The lowest BCUT2D eigenvalue weighted by atomic mass is 10.4. The highest BCUT2D eigenvalue weighted by Crippen LogP contribution is 2.40. The molecule has 0 radical (unpaired) electrons. The van der Waals surface area contributed by atoms with Crippen LogP contribution >= 0.6 is 35.3 Å². The Hall–Kier alpha value is -1.69. The van der Waals surface area contributed by atoms with Crippen LogP contribution in [0.1, 0.15) is 13.8 Å². The highest BCUT2D eigenvalue weighted by molar-refractivity contribution is 8.15. The molecular weight excluding hydrogens is 368 g/mol. The Kier molecular flexibility index (Phi) is 7.17. The van der Waals surface area contributed by atoms with E-state index in [-0.39, 0.29) is 10.2 Å². The molecule has 5 heteroatoms. The van der Waals surface area contributed by atoms with Crippen molar-refractivity contribution in [3.8, 4) is 0 Å². The van der Waals surface area contributed by atoms with Crippen molar-refractivity contribution in [3.63, 3.8) is 0 Å². The van der Waals surface area contributed by atoms with Crippen LogP contribution in [0.25, 0.3) is 0 Å². The summed E-state index contributed by atoms with van der Waals surface area (Å²) in [7, 11) is 0. The monoisotopic (exact) mass is 386 g/mol. The molecule has 2 aromatic carbocycles. The fourth-order valence-electron chi connectivity index (χ4n) is 1.73. The Morgan fingerprint density at radius 2 is 1.00 bits per heavy atom. The number of hydrogen-bond acceptors (Lipinski definition) is 5. The summed E-state index contributed by atoms with van der Waals surface area (Å²) in [4.78, 5) is 27.7. The largest absolute Gasteiger partial charge is 0.282 e. The molecule has 0 aromatic heterocycles. The van der Waals surface area contributed by atoms with Crippen LogP contribution < -0.4 is 0 Å². The number of carbonyl (C=O) groups is 2. The second-order valence-electron chi connectivity index (χ2n) is 5.34. The van der Waals surface area contributed by atoms with E-state index in [4.69, 9.17) is 0 Å². The molecule has 0 saturated heterocycles. The second kappa shape index (κ2) is 9.13. The molecule has 25 heavy (non-hydrogen) atoms. The fraction of sp³-hybridized carbons (Fsp3) is 0.100. The lowest BCUT2D eigenvalue weighted by Gasteiger charge is -2.11. The molecule has 0 amide bonds. The predicted molar refractivity (Wildman–Crippen MR) is 108 cm³/mol. The molecule has 0 spiro atoms. The average molecular weight is 387 g/mol. The maximum atomic E-state index is 12.0. The number of hydrogen-bond donors (Lipinski definition) is 0. The molecule has 0 aliphatic rings. The molecule has 0 atom stereocenters. The zero-order valence-corrected chi connectivity index (χ0v) is 16.5. The zero-order valence-electron chi connectivity index (χ0n) is 14.1. The van der Waals surface area contributed by atoms with Crippen LogP contribution in [0.15, 0.2) is 92.4 Å². The van der Waals surface area contributed by atoms with Gasteiger partial charge in [-0.2, -0.15) is 0 Å². The summed E-state index contributed by atoms with van der Waals surface area (Å²) in [5, 5.41) is -0.0960. The van der Waals surface area contributed by atoms with Crippen molar-refractivity contribution in [2.45, 2.75) is 33.4 Å². The summed E-state index contributed by atoms with van der Waals surface area (Å²) in [6.07, 6.45) is 0. The normalized spacial score (nSPS) is 10.3. The van der Waals surface area contributed by atoms with E-state index in [2.05, 4.69) is 13.2 Å². The SMILES string of the molecule is C=C(C)C(=O)Sc1ccccc1Sc1ccccc1SC(=O)C(=C)C. The van der Waals surface area contributed by atoms with Crippen molar-refractivity contribution >= 4 is 45.5 Å². The summed E-state index contributed by atoms with van der Waals surface area (Å²) in [5.74, 6) is 0. The number of rotatable bonds is 6. The van der Waals surface area contributed by atoms with Gasteiger partial charge < -0.3 is 0 Å². The Bertz CT molecular complexity index is 771. The molecule has 0 aliphatic carbocycles. The molecule has 0 bridgehead atoms. The van der Waals surface area contributed by atoms with E-state index in [9.17, 15) is 9.59 Å². The van der Waals surface area contributed by atoms with Gasteiger partial charge in [0.2, 0.25) is 10.2 Å². The first-order chi connectivity index (χ1) is 11.9. The molecule has 0 N–H and O–H groups in total. The van der Waals surface area contributed by atoms with E-state index in [0.29, 0.717) is 11.1 Å². The van der Waals surface area contributed by atoms with Crippen LogP contribution in [-0.4, -0.2) is 10.2 Å². The lowest BCUT2D eigenvalue weighted by molar-refractivity contribution is -0.108. The van der Waals surface area contributed by atoms with E-state index >= 15 is 0 Å². The molecule has 2 nitrogen and oxygen atoms in total. The first kappa shape index (κ1) is 19.6. The molecule has 128 valence electrons. The van der Waals surface area contributed by atoms with Gasteiger partial charge in [-0.3, -0.25) is 9.59 Å². The maximum absolute atomic E-state index is 12.0.